The van der Waals surface area contributed by atoms with Crippen molar-refractivity contribution in [2.24, 2.45) is 0 Å². The predicted octanol–water partition coefficient (Wildman–Crippen LogP) is 7.15. The molecule has 5 nitrogen and oxygen atoms in total. The smallest absolute Gasteiger partial charge is 0.281 e. The van der Waals surface area contributed by atoms with E-state index in [2.05, 4.69) is 39.8 Å². The Labute approximate surface area is 221 Å². The lowest BCUT2D eigenvalue weighted by atomic mass is 10.0. The summed E-state index contributed by atoms with van der Waals surface area (Å²) in [6.45, 7) is 10.3. The van der Waals surface area contributed by atoms with Gasteiger partial charge < -0.3 is 9.64 Å². The molecule has 194 valence electrons. The number of amides is 2. The topological polar surface area (TPSA) is 49.9 Å². The first kappa shape index (κ1) is 31.0. The summed E-state index contributed by atoms with van der Waals surface area (Å²) in [4.78, 5) is 27.5. The summed E-state index contributed by atoms with van der Waals surface area (Å²) in [6.07, 6.45) is 3.80. The number of thioether (sulfide) groups is 1. The van der Waals surface area contributed by atoms with E-state index in [1.165, 1.54) is 17.3 Å². The summed E-state index contributed by atoms with van der Waals surface area (Å²) in [7, 11) is 1.58. The van der Waals surface area contributed by atoms with E-state index < -0.39 is 0 Å². The molecule has 0 aliphatic heterocycles. The van der Waals surface area contributed by atoms with Crippen molar-refractivity contribution in [2.45, 2.75) is 59.1 Å². The van der Waals surface area contributed by atoms with Crippen LogP contribution in [-0.4, -0.2) is 48.9 Å². The lowest BCUT2D eigenvalue weighted by molar-refractivity contribution is -0.117. The van der Waals surface area contributed by atoms with Crippen molar-refractivity contribution in [3.63, 3.8) is 0 Å². The number of anilines is 1. The van der Waals surface area contributed by atoms with Gasteiger partial charge in [-0.25, -0.2) is 0 Å². The molecule has 0 aliphatic rings. The first-order valence-electron chi connectivity index (χ1n) is 12.4. The maximum atomic E-state index is 12.0. The van der Waals surface area contributed by atoms with Crippen LogP contribution < -0.4 is 4.90 Å². The average molecular weight is 521 g/mol. The van der Waals surface area contributed by atoms with Crippen LogP contribution in [0.4, 0.5) is 10.5 Å². The number of rotatable bonds is 12. The lowest BCUT2D eigenvalue weighted by Crippen LogP contribution is -2.35. The van der Waals surface area contributed by atoms with E-state index in [-0.39, 0.29) is 23.8 Å². The molecule has 0 saturated carbocycles. The summed E-state index contributed by atoms with van der Waals surface area (Å²) < 4.78 is 5.13. The van der Waals surface area contributed by atoms with E-state index in [0.717, 1.165) is 61.3 Å². The highest BCUT2D eigenvalue weighted by Crippen LogP contribution is 2.27. The van der Waals surface area contributed by atoms with Gasteiger partial charge in [-0.2, -0.15) is 0 Å². The normalized spacial score (nSPS) is 10.3. The monoisotopic (exact) mass is 520 g/mol. The average Bonchev–Trinajstić information content (AvgIpc) is 2.90. The molecule has 0 aromatic heterocycles. The Morgan fingerprint density at radius 2 is 1.46 bits per heavy atom. The molecule has 0 N–H and O–H groups in total. The number of carbonyl (C=O) groups excluding carboxylic acids is 2. The fourth-order valence-electron chi connectivity index (χ4n) is 3.67. The number of ether oxygens (including phenoxy) is 1. The Morgan fingerprint density at radius 1 is 0.886 bits per heavy atom. The first-order valence-corrected chi connectivity index (χ1v) is 13.9. The van der Waals surface area contributed by atoms with Crippen LogP contribution in [-0.2, 0) is 28.1 Å². The molecular weight excluding hydrogens is 480 g/mol. The Hall–Kier alpha value is -2.02. The molecule has 0 spiro atoms. The van der Waals surface area contributed by atoms with E-state index >= 15 is 0 Å². The summed E-state index contributed by atoms with van der Waals surface area (Å²) in [6, 6.07) is 16.2. The zero-order valence-electron chi connectivity index (χ0n) is 21.9. The lowest BCUT2D eigenvalue weighted by Gasteiger charge is -2.26. The molecule has 35 heavy (non-hydrogen) atoms. The van der Waals surface area contributed by atoms with E-state index in [4.69, 9.17) is 16.3 Å². The number of carbonyl (C=O) groups is 2. The fraction of sp³-hybridized carbons (Fsp3) is 0.500. The third-order valence-corrected chi connectivity index (χ3v) is 6.57. The van der Waals surface area contributed by atoms with Crippen molar-refractivity contribution >= 4 is 40.2 Å². The molecule has 0 fully saturated rings. The second-order valence-electron chi connectivity index (χ2n) is 8.03. The van der Waals surface area contributed by atoms with Gasteiger partial charge in [-0.3, -0.25) is 14.5 Å². The van der Waals surface area contributed by atoms with Gasteiger partial charge in [0.25, 0.3) is 5.24 Å². The van der Waals surface area contributed by atoms with Crippen LogP contribution in [0.15, 0.2) is 48.5 Å². The van der Waals surface area contributed by atoms with Crippen molar-refractivity contribution in [2.75, 3.05) is 37.7 Å². The molecule has 0 saturated heterocycles. The molecule has 0 bridgehead atoms. The van der Waals surface area contributed by atoms with Gasteiger partial charge in [0, 0.05) is 26.0 Å². The van der Waals surface area contributed by atoms with Gasteiger partial charge in [0.2, 0.25) is 5.91 Å². The van der Waals surface area contributed by atoms with E-state index in [1.807, 2.05) is 41.3 Å². The van der Waals surface area contributed by atoms with Crippen molar-refractivity contribution in [1.82, 2.24) is 4.90 Å². The first-order chi connectivity index (χ1) is 17.0. The standard InChI is InChI=1S/C14H20ClNO2.C14H21NOS/c1-4-11-7-6-8-12(5-2)14(11)16(10-18-3)13(17)9-15;1-3-10-15(11-4-2)14(16)17-12-13-8-6-5-7-9-13/h6-8H,4-5,9-10H2,1-3H3;5-9H,3-4,10-12H2,1-2H3. The van der Waals surface area contributed by atoms with Crippen LogP contribution in [0, 0.1) is 0 Å². The van der Waals surface area contributed by atoms with Crippen molar-refractivity contribution in [3.05, 3.63) is 65.2 Å². The van der Waals surface area contributed by atoms with Gasteiger partial charge in [0.15, 0.2) is 0 Å². The molecule has 0 unspecified atom stereocenters. The van der Waals surface area contributed by atoms with Crippen LogP contribution in [0.5, 0.6) is 0 Å². The highest BCUT2D eigenvalue weighted by Gasteiger charge is 2.20. The van der Waals surface area contributed by atoms with Gasteiger partial charge in [-0.1, -0.05) is 88.0 Å². The van der Waals surface area contributed by atoms with Crippen molar-refractivity contribution in [3.8, 4) is 0 Å². The molecule has 0 aliphatic carbocycles. The van der Waals surface area contributed by atoms with Crippen molar-refractivity contribution < 1.29 is 14.3 Å². The molecule has 0 radical (unpaired) electrons. The zero-order chi connectivity index (χ0) is 26.1. The summed E-state index contributed by atoms with van der Waals surface area (Å²) >= 11 is 7.08. The van der Waals surface area contributed by atoms with Gasteiger partial charge in [0.1, 0.15) is 12.6 Å². The molecule has 7 heteroatoms. The third-order valence-electron chi connectivity index (χ3n) is 5.36. The number of benzene rings is 2. The Bertz CT molecular complexity index is 852. The minimum atomic E-state index is -0.130. The SMILES string of the molecule is CCCN(CCC)C(=O)SCc1ccccc1.CCc1cccc(CC)c1N(COC)C(=O)CCl. The van der Waals surface area contributed by atoms with Gasteiger partial charge in [0.05, 0.1) is 5.69 Å². The number of para-hydroxylation sites is 1. The number of hydrogen-bond acceptors (Lipinski definition) is 4. The minimum Gasteiger partial charge on any atom is -0.364 e. The Kier molecular flexibility index (Phi) is 16.2. The Balaban J connectivity index is 0.000000351. The molecule has 2 aromatic carbocycles. The Morgan fingerprint density at radius 3 is 1.91 bits per heavy atom. The number of nitrogens with zero attached hydrogens (tertiary/aromatic N) is 2. The summed E-state index contributed by atoms with van der Waals surface area (Å²) in [5, 5.41) is 0.206. The van der Waals surface area contributed by atoms with Crippen LogP contribution in [0.1, 0.15) is 57.2 Å². The van der Waals surface area contributed by atoms with E-state index in [1.54, 1.807) is 12.0 Å². The molecule has 2 amide bonds. The van der Waals surface area contributed by atoms with Crippen LogP contribution in [0.3, 0.4) is 0 Å². The maximum Gasteiger partial charge on any atom is 0.281 e. The highest BCUT2D eigenvalue weighted by molar-refractivity contribution is 8.12. The van der Waals surface area contributed by atoms with Crippen molar-refractivity contribution in [1.29, 1.82) is 0 Å². The molecule has 0 atom stereocenters. The van der Waals surface area contributed by atoms with Crippen LogP contribution in [0.25, 0.3) is 0 Å². The second-order valence-corrected chi connectivity index (χ2v) is 9.23. The number of hydrogen-bond donors (Lipinski definition) is 0. The summed E-state index contributed by atoms with van der Waals surface area (Å²) in [5.41, 5.74) is 4.45. The minimum absolute atomic E-state index is 0.0371. The van der Waals surface area contributed by atoms with Crippen LogP contribution >= 0.6 is 23.4 Å². The number of aryl methyl sites for hydroxylation is 2. The molecular formula is C28H41ClN2O3S. The quantitative estimate of drug-likeness (QED) is 0.220. The summed E-state index contributed by atoms with van der Waals surface area (Å²) in [5.74, 6) is 0.600. The number of halogens is 1. The van der Waals surface area contributed by atoms with Crippen LogP contribution in [0.2, 0.25) is 0 Å². The zero-order valence-corrected chi connectivity index (χ0v) is 23.5. The maximum absolute atomic E-state index is 12.0. The van der Waals surface area contributed by atoms with Gasteiger partial charge in [-0.15, -0.1) is 11.6 Å². The molecule has 0 heterocycles. The largest absolute Gasteiger partial charge is 0.364 e. The van der Waals surface area contributed by atoms with E-state index in [0.29, 0.717) is 0 Å². The predicted molar refractivity (Wildman–Crippen MR) is 151 cm³/mol. The molecule has 2 rings (SSSR count). The second kappa shape index (κ2) is 18.3. The number of alkyl halides is 1. The van der Waals surface area contributed by atoms with E-state index in [9.17, 15) is 9.59 Å². The van der Waals surface area contributed by atoms with Gasteiger partial charge in [-0.05, 0) is 42.4 Å². The van der Waals surface area contributed by atoms with Gasteiger partial charge >= 0.3 is 0 Å². The number of methoxy groups -OCH3 is 1. The third kappa shape index (κ3) is 10.6. The highest BCUT2D eigenvalue weighted by atomic mass is 35.5. The fourth-order valence-corrected chi connectivity index (χ4v) is 4.66. The molecule has 2 aromatic rings.